The van der Waals surface area contributed by atoms with Gasteiger partial charge in [-0.05, 0) is 6.92 Å². The van der Waals surface area contributed by atoms with Crippen LogP contribution < -0.4 is 10.5 Å². The van der Waals surface area contributed by atoms with Crippen LogP contribution in [0.25, 0.3) is 11.1 Å². The maximum absolute atomic E-state index is 13.9. The van der Waals surface area contributed by atoms with E-state index in [0.717, 1.165) is 12.1 Å². The van der Waals surface area contributed by atoms with Crippen LogP contribution in [0.4, 0.5) is 14.6 Å². The highest BCUT2D eigenvalue weighted by molar-refractivity contribution is 5.77. The molecule has 0 aliphatic rings. The molecule has 4 nitrogen and oxygen atoms in total. The number of ether oxygens (including phenoxy) is 1. The number of hydrogen-bond acceptors (Lipinski definition) is 3. The van der Waals surface area contributed by atoms with E-state index in [1.165, 1.54) is 11.8 Å². The van der Waals surface area contributed by atoms with E-state index < -0.39 is 11.6 Å². The number of halogens is 2. The lowest BCUT2D eigenvalue weighted by molar-refractivity contribution is 0.407. The standard InChI is InChI=1S/C12H13F2N3O/c1-6-10(12(15)17(2)16-6)11-8(13)4-7(18-3)5-9(11)14/h4-5H,15H2,1-3H3. The van der Waals surface area contributed by atoms with Gasteiger partial charge in [-0.2, -0.15) is 5.10 Å². The molecule has 0 spiro atoms. The number of benzene rings is 1. The maximum atomic E-state index is 13.9. The Kier molecular flexibility index (Phi) is 2.94. The molecule has 0 aliphatic carbocycles. The predicted molar refractivity (Wildman–Crippen MR) is 64.3 cm³/mol. The molecule has 1 aromatic carbocycles. The highest BCUT2D eigenvalue weighted by atomic mass is 19.1. The van der Waals surface area contributed by atoms with Crippen LogP contribution in [0.1, 0.15) is 5.69 Å². The minimum atomic E-state index is -0.727. The number of nitrogens with two attached hydrogens (primary N) is 1. The highest BCUT2D eigenvalue weighted by Gasteiger charge is 2.21. The Balaban J connectivity index is 2.71. The van der Waals surface area contributed by atoms with E-state index in [1.807, 2.05) is 0 Å². The number of aryl methyl sites for hydroxylation is 2. The predicted octanol–water partition coefficient (Wildman–Crippen LogP) is 2.26. The Hall–Kier alpha value is -2.11. The molecule has 0 aliphatic heterocycles. The van der Waals surface area contributed by atoms with E-state index in [1.54, 1.807) is 14.0 Å². The maximum Gasteiger partial charge on any atom is 0.137 e. The third kappa shape index (κ3) is 1.79. The lowest BCUT2D eigenvalue weighted by Crippen LogP contribution is -2.00. The van der Waals surface area contributed by atoms with E-state index in [4.69, 9.17) is 10.5 Å². The molecule has 0 atom stereocenters. The van der Waals surface area contributed by atoms with Crippen molar-refractivity contribution in [1.29, 1.82) is 0 Å². The molecule has 2 aromatic rings. The first-order valence-corrected chi connectivity index (χ1v) is 5.28. The fourth-order valence-electron chi connectivity index (χ4n) is 1.89. The summed E-state index contributed by atoms with van der Waals surface area (Å²) in [6.07, 6.45) is 0. The summed E-state index contributed by atoms with van der Waals surface area (Å²) in [5.41, 5.74) is 6.34. The minimum Gasteiger partial charge on any atom is -0.497 e. The van der Waals surface area contributed by atoms with Crippen LogP contribution in [-0.2, 0) is 7.05 Å². The van der Waals surface area contributed by atoms with Gasteiger partial charge in [0.15, 0.2) is 0 Å². The second-order valence-corrected chi connectivity index (χ2v) is 3.94. The van der Waals surface area contributed by atoms with Gasteiger partial charge in [0.25, 0.3) is 0 Å². The first-order valence-electron chi connectivity index (χ1n) is 5.28. The largest absolute Gasteiger partial charge is 0.497 e. The van der Waals surface area contributed by atoms with Crippen LogP contribution in [0, 0.1) is 18.6 Å². The van der Waals surface area contributed by atoms with Gasteiger partial charge in [0.1, 0.15) is 23.2 Å². The quantitative estimate of drug-likeness (QED) is 0.893. The van der Waals surface area contributed by atoms with E-state index >= 15 is 0 Å². The number of methoxy groups -OCH3 is 1. The molecule has 0 amide bonds. The lowest BCUT2D eigenvalue weighted by atomic mass is 10.0. The number of aromatic nitrogens is 2. The Morgan fingerprint density at radius 3 is 2.17 bits per heavy atom. The van der Waals surface area contributed by atoms with Gasteiger partial charge in [0.2, 0.25) is 0 Å². The Labute approximate surface area is 103 Å². The van der Waals surface area contributed by atoms with Crippen molar-refractivity contribution in [2.75, 3.05) is 12.8 Å². The van der Waals surface area contributed by atoms with Crippen LogP contribution >= 0.6 is 0 Å². The minimum absolute atomic E-state index is 0.119. The summed E-state index contributed by atoms with van der Waals surface area (Å²) in [5, 5.41) is 4.04. The molecule has 1 heterocycles. The summed E-state index contributed by atoms with van der Waals surface area (Å²) >= 11 is 0. The Bertz CT molecular complexity index is 585. The molecule has 2 N–H and O–H groups in total. The molecule has 0 unspecified atom stereocenters. The molecule has 6 heteroatoms. The summed E-state index contributed by atoms with van der Waals surface area (Å²) in [5.74, 6) is -1.12. The third-order valence-electron chi connectivity index (χ3n) is 2.77. The zero-order valence-electron chi connectivity index (χ0n) is 10.3. The molecule has 0 saturated heterocycles. The topological polar surface area (TPSA) is 53.1 Å². The molecule has 0 fully saturated rings. The summed E-state index contributed by atoms with van der Waals surface area (Å²) in [4.78, 5) is 0. The van der Waals surface area contributed by atoms with Crippen LogP contribution in [0.3, 0.4) is 0 Å². The second-order valence-electron chi connectivity index (χ2n) is 3.94. The van der Waals surface area contributed by atoms with Gasteiger partial charge in [-0.25, -0.2) is 8.78 Å². The summed E-state index contributed by atoms with van der Waals surface area (Å²) < 4.78 is 34.1. The fraction of sp³-hybridized carbons (Fsp3) is 0.250. The average molecular weight is 253 g/mol. The van der Waals surface area contributed by atoms with Crippen LogP contribution in [-0.4, -0.2) is 16.9 Å². The molecule has 0 radical (unpaired) electrons. The number of hydrogen-bond donors (Lipinski definition) is 1. The molecule has 0 bridgehead atoms. The van der Waals surface area contributed by atoms with Crippen molar-refractivity contribution in [1.82, 2.24) is 9.78 Å². The van der Waals surface area contributed by atoms with Crippen molar-refractivity contribution < 1.29 is 13.5 Å². The molecule has 18 heavy (non-hydrogen) atoms. The zero-order chi connectivity index (χ0) is 13.4. The van der Waals surface area contributed by atoms with E-state index in [9.17, 15) is 8.78 Å². The van der Waals surface area contributed by atoms with Gasteiger partial charge in [-0.1, -0.05) is 0 Å². The van der Waals surface area contributed by atoms with Crippen molar-refractivity contribution in [2.24, 2.45) is 7.05 Å². The second kappa shape index (κ2) is 4.29. The molecular weight excluding hydrogens is 240 g/mol. The summed E-state index contributed by atoms with van der Waals surface area (Å²) in [6.45, 7) is 1.65. The first kappa shape index (κ1) is 12.3. The lowest BCUT2D eigenvalue weighted by Gasteiger charge is -2.08. The Morgan fingerprint density at radius 2 is 1.78 bits per heavy atom. The van der Waals surface area contributed by atoms with E-state index in [2.05, 4.69) is 5.10 Å². The molecule has 96 valence electrons. The zero-order valence-corrected chi connectivity index (χ0v) is 10.3. The van der Waals surface area contributed by atoms with Crippen LogP contribution in [0.5, 0.6) is 5.75 Å². The van der Waals surface area contributed by atoms with Gasteiger partial charge in [0.05, 0.1) is 23.9 Å². The van der Waals surface area contributed by atoms with Gasteiger partial charge >= 0.3 is 0 Å². The van der Waals surface area contributed by atoms with E-state index in [0.29, 0.717) is 5.69 Å². The summed E-state index contributed by atoms with van der Waals surface area (Å²) in [7, 11) is 2.96. The Morgan fingerprint density at radius 1 is 1.22 bits per heavy atom. The van der Waals surface area contributed by atoms with Crippen LogP contribution in [0.2, 0.25) is 0 Å². The van der Waals surface area contributed by atoms with Crippen LogP contribution in [0.15, 0.2) is 12.1 Å². The van der Waals surface area contributed by atoms with Gasteiger partial charge in [-0.15, -0.1) is 0 Å². The van der Waals surface area contributed by atoms with E-state index in [-0.39, 0.29) is 22.7 Å². The number of nitrogens with zero attached hydrogens (tertiary/aromatic N) is 2. The first-order chi connectivity index (χ1) is 8.45. The summed E-state index contributed by atoms with van der Waals surface area (Å²) in [6, 6.07) is 2.23. The van der Waals surface area contributed by atoms with Crippen molar-refractivity contribution >= 4 is 5.82 Å². The number of rotatable bonds is 2. The van der Waals surface area contributed by atoms with Gasteiger partial charge in [0, 0.05) is 19.2 Å². The SMILES string of the molecule is COc1cc(F)c(-c2c(C)nn(C)c2N)c(F)c1. The average Bonchev–Trinajstić information content (AvgIpc) is 2.54. The van der Waals surface area contributed by atoms with Crippen molar-refractivity contribution in [3.8, 4) is 16.9 Å². The molecule has 1 aromatic heterocycles. The van der Waals surface area contributed by atoms with Gasteiger partial charge < -0.3 is 10.5 Å². The normalized spacial score (nSPS) is 10.7. The monoisotopic (exact) mass is 253 g/mol. The number of nitrogen functional groups attached to an aromatic ring is 1. The fourth-order valence-corrected chi connectivity index (χ4v) is 1.89. The third-order valence-corrected chi connectivity index (χ3v) is 2.77. The molecule has 2 rings (SSSR count). The van der Waals surface area contributed by atoms with Gasteiger partial charge in [-0.3, -0.25) is 4.68 Å². The highest BCUT2D eigenvalue weighted by Crippen LogP contribution is 2.35. The number of anilines is 1. The smallest absolute Gasteiger partial charge is 0.137 e. The molecule has 0 saturated carbocycles. The van der Waals surface area contributed by atoms with Crippen molar-refractivity contribution in [3.63, 3.8) is 0 Å². The van der Waals surface area contributed by atoms with Crippen molar-refractivity contribution in [3.05, 3.63) is 29.5 Å². The van der Waals surface area contributed by atoms with Crippen molar-refractivity contribution in [2.45, 2.75) is 6.92 Å². The molecular formula is C12H13F2N3O.